The number of fused-ring (bicyclic) bond motifs is 1. The molecule has 0 radical (unpaired) electrons. The highest BCUT2D eigenvalue weighted by Gasteiger charge is 2.45. The Hall–Kier alpha value is -3.32. The molecule has 180 valence electrons. The Bertz CT molecular complexity index is 1120. The predicted octanol–water partition coefficient (Wildman–Crippen LogP) is 0.573. The number of hydrogen-bond donors (Lipinski definition) is 4. The third-order valence-corrected chi connectivity index (χ3v) is 5.90. The number of imidazole rings is 1. The van der Waals surface area contributed by atoms with E-state index in [1.807, 2.05) is 30.3 Å². The van der Waals surface area contributed by atoms with Gasteiger partial charge < -0.3 is 35.1 Å². The van der Waals surface area contributed by atoms with E-state index in [-0.39, 0.29) is 12.6 Å². The molecule has 0 spiro atoms. The zero-order valence-electron chi connectivity index (χ0n) is 18.3. The highest BCUT2D eigenvalue weighted by Crippen LogP contribution is 2.32. The van der Waals surface area contributed by atoms with Gasteiger partial charge >= 0.3 is 6.09 Å². The van der Waals surface area contributed by atoms with Gasteiger partial charge in [0, 0.05) is 13.2 Å². The van der Waals surface area contributed by atoms with E-state index in [2.05, 4.69) is 25.6 Å². The Morgan fingerprint density at radius 2 is 2.03 bits per heavy atom. The van der Waals surface area contributed by atoms with Gasteiger partial charge in [-0.1, -0.05) is 30.3 Å². The number of aromatic nitrogens is 4. The maximum Gasteiger partial charge on any atom is 0.407 e. The zero-order chi connectivity index (χ0) is 23.5. The lowest BCUT2D eigenvalue weighted by Crippen LogP contribution is -2.35. The van der Waals surface area contributed by atoms with Crippen LogP contribution in [0, 0.1) is 0 Å². The number of carbonyl (C=O) groups excluding carboxylic acids is 1. The summed E-state index contributed by atoms with van der Waals surface area (Å²) >= 11 is 0. The van der Waals surface area contributed by atoms with Gasteiger partial charge in [0.2, 0.25) is 0 Å². The van der Waals surface area contributed by atoms with Crippen LogP contribution in [0.15, 0.2) is 43.0 Å². The fourth-order valence-corrected chi connectivity index (χ4v) is 4.06. The van der Waals surface area contributed by atoms with Gasteiger partial charge in [-0.25, -0.2) is 19.7 Å². The van der Waals surface area contributed by atoms with Gasteiger partial charge in [0.25, 0.3) is 0 Å². The van der Waals surface area contributed by atoms with E-state index in [4.69, 9.17) is 14.2 Å². The number of ether oxygens (including phenoxy) is 3. The third kappa shape index (κ3) is 4.66. The van der Waals surface area contributed by atoms with E-state index in [9.17, 15) is 15.0 Å². The summed E-state index contributed by atoms with van der Waals surface area (Å²) in [6.07, 6.45) is -1.32. The Kier molecular flexibility index (Phi) is 6.54. The molecule has 1 amide bonds. The molecule has 2 aliphatic heterocycles. The molecule has 3 unspecified atom stereocenters. The van der Waals surface area contributed by atoms with Gasteiger partial charge in [0.1, 0.15) is 31.2 Å². The minimum absolute atomic E-state index is 0.132. The molecule has 4 N–H and O–H groups in total. The van der Waals surface area contributed by atoms with Crippen LogP contribution in [-0.4, -0.2) is 80.0 Å². The Balaban J connectivity index is 1.22. The molecule has 2 saturated heterocycles. The molecule has 1 aromatic carbocycles. The first kappa shape index (κ1) is 22.5. The summed E-state index contributed by atoms with van der Waals surface area (Å²) in [7, 11) is 0. The van der Waals surface area contributed by atoms with Crippen molar-refractivity contribution >= 4 is 23.1 Å². The Morgan fingerprint density at radius 1 is 1.18 bits per heavy atom. The second-order valence-corrected chi connectivity index (χ2v) is 8.24. The fourth-order valence-electron chi connectivity index (χ4n) is 4.06. The number of aliphatic hydroxyl groups is 2. The quantitative estimate of drug-likeness (QED) is 0.385. The van der Waals surface area contributed by atoms with Crippen LogP contribution >= 0.6 is 0 Å². The first-order valence-electron chi connectivity index (χ1n) is 11.1. The van der Waals surface area contributed by atoms with E-state index < -0.39 is 30.6 Å². The minimum Gasteiger partial charge on any atom is -0.447 e. The van der Waals surface area contributed by atoms with Gasteiger partial charge in [0.05, 0.1) is 19.0 Å². The molecule has 0 saturated carbocycles. The highest BCUT2D eigenvalue weighted by atomic mass is 16.6. The van der Waals surface area contributed by atoms with Gasteiger partial charge in [-0.05, 0) is 12.0 Å². The maximum atomic E-state index is 12.0. The summed E-state index contributed by atoms with van der Waals surface area (Å²) in [5.74, 6) is 0.558. The topological polar surface area (TPSA) is 153 Å². The van der Waals surface area contributed by atoms with Crippen molar-refractivity contribution in [1.82, 2.24) is 24.8 Å². The van der Waals surface area contributed by atoms with Crippen LogP contribution < -0.4 is 10.6 Å². The number of anilines is 1. The number of aliphatic hydroxyl groups excluding tert-OH is 2. The summed E-state index contributed by atoms with van der Waals surface area (Å²) < 4.78 is 18.0. The maximum absolute atomic E-state index is 12.0. The lowest BCUT2D eigenvalue weighted by atomic mass is 10.1. The first-order valence-corrected chi connectivity index (χ1v) is 11.1. The average Bonchev–Trinajstić information content (AvgIpc) is 3.59. The van der Waals surface area contributed by atoms with Crippen molar-refractivity contribution in [2.45, 2.75) is 43.5 Å². The molecule has 2 fully saturated rings. The van der Waals surface area contributed by atoms with E-state index in [1.165, 1.54) is 17.2 Å². The van der Waals surface area contributed by atoms with E-state index >= 15 is 0 Å². The molecular formula is C22H26N6O6. The minimum atomic E-state index is -1.27. The van der Waals surface area contributed by atoms with Gasteiger partial charge in [-0.3, -0.25) is 4.57 Å². The molecule has 5 atom stereocenters. The summed E-state index contributed by atoms with van der Waals surface area (Å²) in [5, 5.41) is 27.0. The molecule has 34 heavy (non-hydrogen) atoms. The number of rotatable bonds is 7. The second kappa shape index (κ2) is 9.89. The van der Waals surface area contributed by atoms with Crippen LogP contribution in [-0.2, 0) is 20.8 Å². The fraction of sp³-hybridized carbons (Fsp3) is 0.455. The van der Waals surface area contributed by atoms with Crippen molar-refractivity contribution < 1.29 is 29.2 Å². The van der Waals surface area contributed by atoms with Crippen molar-refractivity contribution in [2.75, 3.05) is 25.1 Å². The summed E-state index contributed by atoms with van der Waals surface area (Å²) in [4.78, 5) is 25.0. The molecule has 12 nitrogen and oxygen atoms in total. The molecule has 2 aliphatic rings. The number of carbonyl (C=O) groups is 1. The Morgan fingerprint density at radius 3 is 2.82 bits per heavy atom. The largest absolute Gasteiger partial charge is 0.447 e. The number of hydrogen-bond acceptors (Lipinski definition) is 10. The highest BCUT2D eigenvalue weighted by molar-refractivity contribution is 5.82. The van der Waals surface area contributed by atoms with E-state index in [1.54, 1.807) is 0 Å². The van der Waals surface area contributed by atoms with Crippen molar-refractivity contribution in [2.24, 2.45) is 0 Å². The number of benzene rings is 1. The lowest BCUT2D eigenvalue weighted by molar-refractivity contribution is -0.0533. The van der Waals surface area contributed by atoms with Crippen molar-refractivity contribution in [3.05, 3.63) is 48.5 Å². The second-order valence-electron chi connectivity index (χ2n) is 8.24. The SMILES string of the molecule is O=C(NCc1ccccc1)OC[C@H]1OC(n2cnc3c(NC4CCOC4)ncnc32)C(O)[C@@H]1O. The molecule has 12 heteroatoms. The van der Waals surface area contributed by atoms with Gasteiger partial charge in [0.15, 0.2) is 23.2 Å². The molecule has 2 aromatic heterocycles. The smallest absolute Gasteiger partial charge is 0.407 e. The summed E-state index contributed by atoms with van der Waals surface area (Å²) in [6.45, 7) is 1.35. The van der Waals surface area contributed by atoms with Crippen molar-refractivity contribution in [1.29, 1.82) is 0 Å². The lowest BCUT2D eigenvalue weighted by Gasteiger charge is -2.17. The Labute approximate surface area is 194 Å². The summed E-state index contributed by atoms with van der Waals surface area (Å²) in [5.41, 5.74) is 1.88. The number of alkyl carbamates (subject to hydrolysis) is 1. The monoisotopic (exact) mass is 470 g/mol. The van der Waals surface area contributed by atoms with Gasteiger partial charge in [-0.15, -0.1) is 0 Å². The molecule has 0 bridgehead atoms. The first-order chi connectivity index (χ1) is 16.6. The molecule has 5 rings (SSSR count). The summed E-state index contributed by atoms with van der Waals surface area (Å²) in [6, 6.07) is 9.53. The van der Waals surface area contributed by atoms with E-state index in [0.717, 1.165) is 12.0 Å². The standard InChI is InChI=1S/C22H26N6O6/c29-17-15(10-33-22(31)23-8-13-4-2-1-3-5-13)34-21(18(17)30)28-12-26-16-19(24-11-25-20(16)28)27-14-6-7-32-9-14/h1-5,11-12,14-15,17-18,21,29-30H,6-10H2,(H,23,31)(H,24,25,27)/t14?,15-,17-,18?,21?/m1/s1. The van der Waals surface area contributed by atoms with Crippen LogP contribution in [0.2, 0.25) is 0 Å². The van der Waals surface area contributed by atoms with Crippen molar-refractivity contribution in [3.63, 3.8) is 0 Å². The van der Waals surface area contributed by atoms with Gasteiger partial charge in [-0.2, -0.15) is 0 Å². The van der Waals surface area contributed by atoms with Crippen LogP contribution in [0.25, 0.3) is 11.2 Å². The molecular weight excluding hydrogens is 444 g/mol. The number of amides is 1. The van der Waals surface area contributed by atoms with E-state index in [0.29, 0.717) is 36.7 Å². The normalized spacial score (nSPS) is 26.6. The van der Waals surface area contributed by atoms with Crippen molar-refractivity contribution in [3.8, 4) is 0 Å². The molecule has 4 heterocycles. The number of nitrogens with one attached hydrogen (secondary N) is 2. The average molecular weight is 470 g/mol. The third-order valence-electron chi connectivity index (χ3n) is 5.90. The van der Waals surface area contributed by atoms with Crippen LogP contribution in [0.1, 0.15) is 18.2 Å². The molecule has 3 aromatic rings. The van der Waals surface area contributed by atoms with Crippen LogP contribution in [0.5, 0.6) is 0 Å². The van der Waals surface area contributed by atoms with Crippen LogP contribution in [0.3, 0.4) is 0 Å². The molecule has 0 aliphatic carbocycles. The van der Waals surface area contributed by atoms with Crippen LogP contribution in [0.4, 0.5) is 10.6 Å². The predicted molar refractivity (Wildman–Crippen MR) is 119 cm³/mol. The zero-order valence-corrected chi connectivity index (χ0v) is 18.3. The number of nitrogens with zero attached hydrogens (tertiary/aromatic N) is 4.